The average Bonchev–Trinajstić information content (AvgIpc) is 2.88. The molecule has 27 heavy (non-hydrogen) atoms. The van der Waals surface area contributed by atoms with E-state index < -0.39 is 35.1 Å². The first-order chi connectivity index (χ1) is 12.7. The van der Waals surface area contributed by atoms with Gasteiger partial charge in [0, 0.05) is 12.7 Å². The number of imide groups is 1. The Morgan fingerprint density at radius 1 is 0.889 bits per heavy atom. The summed E-state index contributed by atoms with van der Waals surface area (Å²) in [6.07, 6.45) is -5.22. The minimum absolute atomic E-state index is 0.00937. The number of halogens is 3. The van der Waals surface area contributed by atoms with Crippen LogP contribution in [0.5, 0.6) is 0 Å². The molecule has 6 nitrogen and oxygen atoms in total. The summed E-state index contributed by atoms with van der Waals surface area (Å²) in [5.41, 5.74) is -4.22. The van der Waals surface area contributed by atoms with E-state index in [1.165, 1.54) is 42.5 Å². The number of rotatable bonds is 4. The van der Waals surface area contributed by atoms with Crippen molar-refractivity contribution < 1.29 is 37.1 Å². The molecule has 0 saturated heterocycles. The van der Waals surface area contributed by atoms with Gasteiger partial charge in [-0.3, -0.25) is 9.59 Å². The molecule has 0 aliphatic carbocycles. The molecule has 0 bridgehead atoms. The standard InChI is InChI=1S/C18H12F3NO5/c1-26-17(18(19,20)21,11-7-3-2-4-8-11)16(25)27-22-14(23)12-9-5-6-10-13(12)15(22)24/h2-10H,1H3. The van der Waals surface area contributed by atoms with Gasteiger partial charge in [-0.2, -0.15) is 13.2 Å². The lowest BCUT2D eigenvalue weighted by molar-refractivity contribution is -0.284. The van der Waals surface area contributed by atoms with Gasteiger partial charge in [0.1, 0.15) is 0 Å². The van der Waals surface area contributed by atoms with Gasteiger partial charge in [0.2, 0.25) is 0 Å². The Morgan fingerprint density at radius 2 is 1.37 bits per heavy atom. The van der Waals surface area contributed by atoms with Gasteiger partial charge in [-0.15, -0.1) is 0 Å². The normalized spacial score (nSPS) is 16.1. The van der Waals surface area contributed by atoms with Gasteiger partial charge in [0.15, 0.2) is 0 Å². The van der Waals surface area contributed by atoms with Crippen molar-refractivity contribution in [3.63, 3.8) is 0 Å². The predicted molar refractivity (Wildman–Crippen MR) is 84.2 cm³/mol. The highest BCUT2D eigenvalue weighted by Gasteiger charge is 2.65. The third-order valence-electron chi connectivity index (χ3n) is 4.10. The van der Waals surface area contributed by atoms with Gasteiger partial charge >= 0.3 is 12.1 Å². The fourth-order valence-corrected chi connectivity index (χ4v) is 2.78. The fraction of sp³-hybridized carbons (Fsp3) is 0.167. The maximum absolute atomic E-state index is 13.8. The fourth-order valence-electron chi connectivity index (χ4n) is 2.78. The predicted octanol–water partition coefficient (Wildman–Crippen LogP) is 2.85. The zero-order valence-corrected chi connectivity index (χ0v) is 13.8. The topological polar surface area (TPSA) is 72.9 Å². The molecule has 0 spiro atoms. The van der Waals surface area contributed by atoms with E-state index in [1.54, 1.807) is 0 Å². The molecule has 1 aliphatic heterocycles. The summed E-state index contributed by atoms with van der Waals surface area (Å²) in [5.74, 6) is -4.04. The van der Waals surface area contributed by atoms with Gasteiger partial charge in [-0.1, -0.05) is 47.5 Å². The molecule has 140 valence electrons. The van der Waals surface area contributed by atoms with Crippen LogP contribution in [0.3, 0.4) is 0 Å². The van der Waals surface area contributed by atoms with Crippen LogP contribution in [0.4, 0.5) is 13.2 Å². The molecule has 2 aromatic carbocycles. The number of ether oxygens (including phenoxy) is 1. The van der Waals surface area contributed by atoms with E-state index in [1.807, 2.05) is 0 Å². The van der Waals surface area contributed by atoms with Crippen LogP contribution < -0.4 is 0 Å². The monoisotopic (exact) mass is 379 g/mol. The van der Waals surface area contributed by atoms with Crippen molar-refractivity contribution in [3.05, 3.63) is 71.3 Å². The van der Waals surface area contributed by atoms with Crippen molar-refractivity contribution >= 4 is 17.8 Å². The molecule has 9 heteroatoms. The lowest BCUT2D eigenvalue weighted by Crippen LogP contribution is -2.53. The molecule has 0 radical (unpaired) electrons. The number of hydrogen-bond acceptors (Lipinski definition) is 5. The molecule has 1 heterocycles. The van der Waals surface area contributed by atoms with Crippen LogP contribution in [-0.2, 0) is 20.0 Å². The van der Waals surface area contributed by atoms with Crippen LogP contribution in [0.25, 0.3) is 0 Å². The Labute approximate surface area is 151 Å². The van der Waals surface area contributed by atoms with E-state index in [4.69, 9.17) is 0 Å². The first-order valence-electron chi connectivity index (χ1n) is 7.61. The van der Waals surface area contributed by atoms with Gasteiger partial charge < -0.3 is 9.57 Å². The molecule has 2 aromatic rings. The van der Waals surface area contributed by atoms with E-state index in [0.717, 1.165) is 12.1 Å². The number of carbonyl (C=O) groups excluding carboxylic acids is 3. The number of methoxy groups -OCH3 is 1. The van der Waals surface area contributed by atoms with Crippen molar-refractivity contribution in [1.29, 1.82) is 0 Å². The molecule has 1 unspecified atom stereocenters. The summed E-state index contributed by atoms with van der Waals surface area (Å²) in [7, 11) is 0.685. The molecule has 1 atom stereocenters. The lowest BCUT2D eigenvalue weighted by Gasteiger charge is -2.32. The maximum atomic E-state index is 13.8. The lowest BCUT2D eigenvalue weighted by atomic mass is 9.93. The van der Waals surface area contributed by atoms with E-state index in [-0.39, 0.29) is 16.2 Å². The molecule has 0 fully saturated rings. The molecule has 0 saturated carbocycles. The first-order valence-corrected chi connectivity index (χ1v) is 7.61. The molecule has 0 N–H and O–H groups in total. The SMILES string of the molecule is COC(C(=O)ON1C(=O)c2ccccc2C1=O)(c1ccccc1)C(F)(F)F. The summed E-state index contributed by atoms with van der Waals surface area (Å²) in [6.45, 7) is 0. The second-order valence-electron chi connectivity index (χ2n) is 5.58. The second-order valence-corrected chi connectivity index (χ2v) is 5.58. The van der Waals surface area contributed by atoms with Crippen LogP contribution in [0.2, 0.25) is 0 Å². The Morgan fingerprint density at radius 3 is 1.81 bits per heavy atom. The van der Waals surface area contributed by atoms with Crippen molar-refractivity contribution in [2.24, 2.45) is 0 Å². The third kappa shape index (κ3) is 2.76. The number of amides is 2. The highest BCUT2D eigenvalue weighted by molar-refractivity contribution is 6.21. The van der Waals surface area contributed by atoms with Gasteiger partial charge in [0.25, 0.3) is 17.4 Å². The Kier molecular flexibility index (Phi) is 4.48. The molecular formula is C18H12F3NO5. The zero-order valence-electron chi connectivity index (χ0n) is 13.8. The van der Waals surface area contributed by atoms with E-state index in [0.29, 0.717) is 7.11 Å². The molecule has 1 aliphatic rings. The zero-order chi connectivity index (χ0) is 19.8. The molecule has 0 aromatic heterocycles. The van der Waals surface area contributed by atoms with Crippen LogP contribution in [0.15, 0.2) is 54.6 Å². The largest absolute Gasteiger partial charge is 0.432 e. The van der Waals surface area contributed by atoms with Crippen molar-refractivity contribution in [2.45, 2.75) is 11.8 Å². The summed E-state index contributed by atoms with van der Waals surface area (Å²) < 4.78 is 46.0. The molecule has 2 amide bonds. The highest BCUT2D eigenvalue weighted by atomic mass is 19.4. The molecule has 3 rings (SSSR count). The van der Waals surface area contributed by atoms with Crippen LogP contribution in [0.1, 0.15) is 26.3 Å². The number of alkyl halides is 3. The van der Waals surface area contributed by atoms with E-state index in [9.17, 15) is 27.6 Å². The summed E-state index contributed by atoms with van der Waals surface area (Å²) in [4.78, 5) is 41.6. The minimum Gasteiger partial charge on any atom is -0.355 e. The van der Waals surface area contributed by atoms with Gasteiger partial charge in [-0.05, 0) is 12.1 Å². The number of carbonyl (C=O) groups is 3. The summed E-state index contributed by atoms with van der Waals surface area (Å²) in [5, 5.41) is 0.00937. The van der Waals surface area contributed by atoms with Gasteiger partial charge in [-0.25, -0.2) is 4.79 Å². The number of hydroxylamine groups is 2. The smallest absolute Gasteiger partial charge is 0.355 e. The van der Waals surface area contributed by atoms with E-state index >= 15 is 0 Å². The average molecular weight is 379 g/mol. The Hall–Kier alpha value is -3.20. The Bertz CT molecular complexity index is 878. The first kappa shape index (κ1) is 18.6. The van der Waals surface area contributed by atoms with E-state index in [2.05, 4.69) is 9.57 Å². The summed E-state index contributed by atoms with van der Waals surface area (Å²) in [6, 6.07) is 11.6. The number of benzene rings is 2. The Balaban J connectivity index is 2.00. The number of fused-ring (bicyclic) bond motifs is 1. The third-order valence-corrected chi connectivity index (χ3v) is 4.10. The molecular weight excluding hydrogens is 367 g/mol. The quantitative estimate of drug-likeness (QED) is 0.764. The second kappa shape index (κ2) is 6.51. The summed E-state index contributed by atoms with van der Waals surface area (Å²) >= 11 is 0. The van der Waals surface area contributed by atoms with Crippen LogP contribution in [0, 0.1) is 0 Å². The number of hydrogen-bond donors (Lipinski definition) is 0. The van der Waals surface area contributed by atoms with Crippen molar-refractivity contribution in [1.82, 2.24) is 5.06 Å². The number of nitrogens with zero attached hydrogens (tertiary/aromatic N) is 1. The van der Waals surface area contributed by atoms with Gasteiger partial charge in [0.05, 0.1) is 11.1 Å². The van der Waals surface area contributed by atoms with Crippen molar-refractivity contribution in [3.8, 4) is 0 Å². The van der Waals surface area contributed by atoms with Crippen LogP contribution in [-0.4, -0.2) is 36.1 Å². The highest BCUT2D eigenvalue weighted by Crippen LogP contribution is 2.43. The minimum atomic E-state index is -5.22. The van der Waals surface area contributed by atoms with Crippen molar-refractivity contribution in [2.75, 3.05) is 7.11 Å². The van der Waals surface area contributed by atoms with Crippen LogP contribution >= 0.6 is 0 Å². The maximum Gasteiger partial charge on any atom is 0.432 e.